The predicted octanol–water partition coefficient (Wildman–Crippen LogP) is 3.51. The zero-order valence-corrected chi connectivity index (χ0v) is 15.2. The number of anilines is 1. The molecule has 1 amide bonds. The second-order valence-electron chi connectivity index (χ2n) is 5.96. The Labute approximate surface area is 150 Å². The fraction of sp³-hybridized carbons (Fsp3) is 0.412. The number of ether oxygens (including phenoxy) is 1. The van der Waals surface area contributed by atoms with Gasteiger partial charge in [0.2, 0.25) is 0 Å². The molecule has 0 saturated carbocycles. The third-order valence-corrected chi connectivity index (χ3v) is 5.09. The van der Waals surface area contributed by atoms with Crippen molar-refractivity contribution in [1.82, 2.24) is 9.88 Å². The third-order valence-electron chi connectivity index (χ3n) is 3.96. The Morgan fingerprint density at radius 1 is 1.42 bits per heavy atom. The van der Waals surface area contributed by atoms with Gasteiger partial charge in [0.05, 0.1) is 11.8 Å². The number of carbonyl (C=O) groups is 1. The summed E-state index contributed by atoms with van der Waals surface area (Å²) in [5, 5.41) is 6.81. The average Bonchev–Trinajstić information content (AvgIpc) is 3.22. The van der Waals surface area contributed by atoms with E-state index in [-0.39, 0.29) is 18.1 Å². The van der Waals surface area contributed by atoms with Crippen LogP contribution in [0.15, 0.2) is 29.6 Å². The van der Waals surface area contributed by atoms with Gasteiger partial charge < -0.3 is 15.0 Å². The Morgan fingerprint density at radius 3 is 2.96 bits per heavy atom. The van der Waals surface area contributed by atoms with E-state index in [9.17, 15) is 4.79 Å². The summed E-state index contributed by atoms with van der Waals surface area (Å²) in [6, 6.07) is 7.67. The first-order valence-corrected chi connectivity index (χ1v) is 9.11. The second-order valence-corrected chi connectivity index (χ2v) is 7.22. The largest absolute Gasteiger partial charge is 0.363 e. The quantitative estimate of drug-likeness (QED) is 0.880. The third kappa shape index (κ3) is 3.88. The molecule has 1 N–H and O–H groups in total. The Bertz CT molecular complexity index is 719. The molecule has 128 valence electrons. The van der Waals surface area contributed by atoms with Crippen molar-refractivity contribution in [3.05, 3.63) is 34.7 Å². The molecule has 0 radical (unpaired) electrons. The minimum Gasteiger partial charge on any atom is -0.363 e. The molecule has 1 aromatic heterocycles. The summed E-state index contributed by atoms with van der Waals surface area (Å²) < 4.78 is 5.82. The lowest BCUT2D eigenvalue weighted by Crippen LogP contribution is -2.34. The van der Waals surface area contributed by atoms with Crippen molar-refractivity contribution >= 4 is 34.0 Å². The van der Waals surface area contributed by atoms with Crippen molar-refractivity contribution in [3.63, 3.8) is 0 Å². The topological polar surface area (TPSA) is 54.5 Å². The Balaban J connectivity index is 1.55. The molecule has 1 aliphatic heterocycles. The first-order valence-electron chi connectivity index (χ1n) is 7.85. The number of halogens is 1. The van der Waals surface area contributed by atoms with Gasteiger partial charge in [-0.05, 0) is 18.9 Å². The zero-order chi connectivity index (χ0) is 17.1. The van der Waals surface area contributed by atoms with Crippen LogP contribution in [0.25, 0.3) is 11.3 Å². The van der Waals surface area contributed by atoms with Crippen LogP contribution in [0.3, 0.4) is 0 Å². The van der Waals surface area contributed by atoms with Crippen molar-refractivity contribution in [2.75, 3.05) is 26.0 Å². The van der Waals surface area contributed by atoms with Gasteiger partial charge in [0.25, 0.3) is 5.91 Å². The fourth-order valence-electron chi connectivity index (χ4n) is 2.67. The molecule has 24 heavy (non-hydrogen) atoms. The van der Waals surface area contributed by atoms with Gasteiger partial charge in [-0.25, -0.2) is 4.98 Å². The smallest absolute Gasteiger partial charge is 0.251 e. The van der Waals surface area contributed by atoms with Gasteiger partial charge in [0.15, 0.2) is 5.13 Å². The molecule has 5 nitrogen and oxygen atoms in total. The number of likely N-dealkylation sites (N-methyl/N-ethyl adjacent to an activating group) is 1. The predicted molar refractivity (Wildman–Crippen MR) is 97.6 cm³/mol. The molecule has 0 bridgehead atoms. The number of nitrogens with one attached hydrogen (secondary N) is 1. The zero-order valence-electron chi connectivity index (χ0n) is 13.7. The molecule has 3 rings (SSSR count). The highest BCUT2D eigenvalue weighted by atomic mass is 35.5. The van der Waals surface area contributed by atoms with E-state index < -0.39 is 0 Å². The van der Waals surface area contributed by atoms with Gasteiger partial charge in [0.1, 0.15) is 6.10 Å². The molecule has 1 saturated heterocycles. The maximum Gasteiger partial charge on any atom is 0.251 e. The molecule has 2 heterocycles. The van der Waals surface area contributed by atoms with E-state index in [1.807, 2.05) is 29.6 Å². The lowest BCUT2D eigenvalue weighted by Gasteiger charge is -2.17. The molecule has 1 fully saturated rings. The number of hydrogen-bond acceptors (Lipinski definition) is 5. The Kier molecular flexibility index (Phi) is 5.38. The highest BCUT2D eigenvalue weighted by Gasteiger charge is 2.31. The molecule has 0 spiro atoms. The average molecular weight is 366 g/mol. The van der Waals surface area contributed by atoms with Crippen LogP contribution in [0, 0.1) is 0 Å². The van der Waals surface area contributed by atoms with Crippen molar-refractivity contribution in [2.45, 2.75) is 25.0 Å². The van der Waals surface area contributed by atoms with E-state index in [1.54, 1.807) is 19.0 Å². The number of thiazole rings is 1. The monoisotopic (exact) mass is 365 g/mol. The van der Waals surface area contributed by atoms with E-state index >= 15 is 0 Å². The first kappa shape index (κ1) is 17.2. The molecule has 2 unspecified atom stereocenters. The van der Waals surface area contributed by atoms with Crippen LogP contribution in [-0.4, -0.2) is 48.6 Å². The van der Waals surface area contributed by atoms with Crippen LogP contribution >= 0.6 is 22.9 Å². The molecular formula is C17H20ClN3O2S. The molecule has 7 heteroatoms. The number of aromatic nitrogens is 1. The van der Waals surface area contributed by atoms with Crippen LogP contribution in [0.5, 0.6) is 0 Å². The summed E-state index contributed by atoms with van der Waals surface area (Å²) in [6.45, 7) is 0.646. The number of rotatable bonds is 5. The van der Waals surface area contributed by atoms with Crippen LogP contribution < -0.4 is 5.32 Å². The summed E-state index contributed by atoms with van der Waals surface area (Å²) in [5.41, 5.74) is 1.79. The molecule has 2 aromatic rings. The highest BCUT2D eigenvalue weighted by molar-refractivity contribution is 7.14. The van der Waals surface area contributed by atoms with Crippen molar-refractivity contribution < 1.29 is 9.53 Å². The van der Waals surface area contributed by atoms with E-state index in [4.69, 9.17) is 16.3 Å². The van der Waals surface area contributed by atoms with Crippen LogP contribution in [0.2, 0.25) is 5.02 Å². The van der Waals surface area contributed by atoms with E-state index in [0.717, 1.165) is 29.2 Å². The van der Waals surface area contributed by atoms with Gasteiger partial charge in [-0.15, -0.1) is 11.3 Å². The van der Waals surface area contributed by atoms with Crippen molar-refractivity contribution in [1.29, 1.82) is 0 Å². The second kappa shape index (κ2) is 7.51. The van der Waals surface area contributed by atoms with E-state index in [1.165, 1.54) is 11.3 Å². The molecule has 1 aliphatic rings. The minimum absolute atomic E-state index is 0.0339. The number of benzene rings is 1. The summed E-state index contributed by atoms with van der Waals surface area (Å²) >= 11 is 7.75. The van der Waals surface area contributed by atoms with Crippen molar-refractivity contribution in [3.8, 4) is 11.3 Å². The highest BCUT2D eigenvalue weighted by Crippen LogP contribution is 2.30. The maximum absolute atomic E-state index is 11.9. The van der Waals surface area contributed by atoms with Crippen LogP contribution in [0.4, 0.5) is 5.13 Å². The molecule has 0 aliphatic carbocycles. The van der Waals surface area contributed by atoms with Gasteiger partial charge in [-0.1, -0.05) is 29.8 Å². The molecular weight excluding hydrogens is 346 g/mol. The van der Waals surface area contributed by atoms with Crippen LogP contribution in [0.1, 0.15) is 12.8 Å². The fourth-order valence-corrected chi connectivity index (χ4v) is 3.63. The van der Waals surface area contributed by atoms with Gasteiger partial charge in [-0.3, -0.25) is 4.79 Å². The summed E-state index contributed by atoms with van der Waals surface area (Å²) in [6.07, 6.45) is 1.36. The first-order chi connectivity index (χ1) is 11.5. The van der Waals surface area contributed by atoms with E-state index in [0.29, 0.717) is 11.6 Å². The Hall–Kier alpha value is -1.63. The number of nitrogens with zero attached hydrogens (tertiary/aromatic N) is 2. The molecule has 2 atom stereocenters. The number of carbonyl (C=O) groups excluding carboxylic acids is 1. The number of hydrogen-bond donors (Lipinski definition) is 1. The van der Waals surface area contributed by atoms with Gasteiger partial charge >= 0.3 is 0 Å². The maximum atomic E-state index is 11.9. The van der Waals surface area contributed by atoms with E-state index in [2.05, 4.69) is 10.3 Å². The lowest BCUT2D eigenvalue weighted by molar-refractivity contribution is -0.140. The SMILES string of the molecule is CN(C)C(=O)C1CCC(CNc2nc(-c3ccccc3Cl)cs2)O1. The molecule has 1 aromatic carbocycles. The van der Waals surface area contributed by atoms with Crippen molar-refractivity contribution in [2.24, 2.45) is 0 Å². The lowest BCUT2D eigenvalue weighted by atomic mass is 10.2. The normalized spacial score (nSPS) is 20.1. The Morgan fingerprint density at radius 2 is 2.21 bits per heavy atom. The summed E-state index contributed by atoms with van der Waals surface area (Å²) in [5.74, 6) is 0.0350. The summed E-state index contributed by atoms with van der Waals surface area (Å²) in [4.78, 5) is 18.1. The van der Waals surface area contributed by atoms with Gasteiger partial charge in [0, 0.05) is 36.6 Å². The number of amides is 1. The van der Waals surface area contributed by atoms with Gasteiger partial charge in [-0.2, -0.15) is 0 Å². The standard InChI is InChI=1S/C17H20ClN3O2S/c1-21(2)16(22)15-8-7-11(23-15)9-19-17-20-14(10-24-17)12-5-3-4-6-13(12)18/h3-6,10-11,15H,7-9H2,1-2H3,(H,19,20). The summed E-state index contributed by atoms with van der Waals surface area (Å²) in [7, 11) is 3.51. The van der Waals surface area contributed by atoms with Crippen LogP contribution in [-0.2, 0) is 9.53 Å². The minimum atomic E-state index is -0.318.